The first-order valence-corrected chi connectivity index (χ1v) is 9.39. The summed E-state index contributed by atoms with van der Waals surface area (Å²) in [4.78, 5) is 27.8. The van der Waals surface area contributed by atoms with E-state index in [0.29, 0.717) is 42.5 Å². The fourth-order valence-electron chi connectivity index (χ4n) is 3.25. The van der Waals surface area contributed by atoms with Crippen LogP contribution in [0.25, 0.3) is 0 Å². The maximum Gasteiger partial charge on any atom is 0.279 e. The fourth-order valence-corrected chi connectivity index (χ4v) is 3.43. The van der Waals surface area contributed by atoms with Gasteiger partial charge in [0.25, 0.3) is 5.91 Å². The van der Waals surface area contributed by atoms with E-state index in [2.05, 4.69) is 10.5 Å². The van der Waals surface area contributed by atoms with Gasteiger partial charge in [-0.15, -0.1) is 0 Å². The van der Waals surface area contributed by atoms with Crippen LogP contribution in [-0.4, -0.2) is 54.6 Å². The Morgan fingerprint density at radius 2 is 1.96 bits per heavy atom. The number of halogens is 1. The minimum absolute atomic E-state index is 0.0731. The molecule has 0 unspecified atom stereocenters. The average molecular weight is 392 g/mol. The van der Waals surface area contributed by atoms with Crippen molar-refractivity contribution in [3.8, 4) is 0 Å². The molecule has 1 aliphatic heterocycles. The SMILES string of the molecule is Cc1noc(C)c1CC(=O)N1CC[NH+](CC(=O)Nc2ccccc2Cl)CC1. The number of hydrogen-bond acceptors (Lipinski definition) is 4. The average Bonchev–Trinajstić information content (AvgIpc) is 2.96. The Morgan fingerprint density at radius 3 is 2.59 bits per heavy atom. The quantitative estimate of drug-likeness (QED) is 0.792. The van der Waals surface area contributed by atoms with Crippen LogP contribution in [0.3, 0.4) is 0 Å². The number of nitrogens with one attached hydrogen (secondary N) is 2. The Balaban J connectivity index is 1.46. The molecule has 27 heavy (non-hydrogen) atoms. The van der Waals surface area contributed by atoms with Gasteiger partial charge in [0, 0.05) is 5.56 Å². The highest BCUT2D eigenvalue weighted by molar-refractivity contribution is 6.33. The van der Waals surface area contributed by atoms with Crippen LogP contribution in [0, 0.1) is 13.8 Å². The maximum atomic E-state index is 12.5. The molecule has 0 bridgehead atoms. The molecule has 7 nitrogen and oxygen atoms in total. The van der Waals surface area contributed by atoms with Crippen LogP contribution in [0.1, 0.15) is 17.0 Å². The first kappa shape index (κ1) is 19.4. The Labute approximate surface area is 163 Å². The second kappa shape index (κ2) is 8.54. The monoisotopic (exact) mass is 391 g/mol. The molecule has 2 amide bonds. The number of rotatable bonds is 5. The van der Waals surface area contributed by atoms with Crippen molar-refractivity contribution in [1.82, 2.24) is 10.1 Å². The summed E-state index contributed by atoms with van der Waals surface area (Å²) in [6.07, 6.45) is 0.309. The lowest BCUT2D eigenvalue weighted by Crippen LogP contribution is -3.15. The molecule has 0 aliphatic carbocycles. The van der Waals surface area contributed by atoms with E-state index in [0.717, 1.165) is 29.2 Å². The van der Waals surface area contributed by atoms with E-state index in [9.17, 15) is 9.59 Å². The summed E-state index contributed by atoms with van der Waals surface area (Å²) in [6, 6.07) is 7.17. The molecule has 1 aromatic heterocycles. The molecule has 1 aliphatic rings. The summed E-state index contributed by atoms with van der Waals surface area (Å²) in [7, 11) is 0. The molecule has 0 spiro atoms. The van der Waals surface area contributed by atoms with Crippen LogP contribution in [0.4, 0.5) is 5.69 Å². The first-order valence-electron chi connectivity index (χ1n) is 9.01. The van der Waals surface area contributed by atoms with Gasteiger partial charge < -0.3 is 19.6 Å². The summed E-state index contributed by atoms with van der Waals surface area (Å²) in [6.45, 7) is 6.78. The van der Waals surface area contributed by atoms with Gasteiger partial charge in [-0.05, 0) is 26.0 Å². The molecule has 0 radical (unpaired) electrons. The van der Waals surface area contributed by atoms with Gasteiger partial charge in [0.15, 0.2) is 6.54 Å². The molecule has 0 atom stereocenters. The number of anilines is 1. The second-order valence-corrected chi connectivity index (χ2v) is 7.22. The molecule has 1 fully saturated rings. The number of quaternary nitrogens is 1. The largest absolute Gasteiger partial charge is 0.361 e. The summed E-state index contributed by atoms with van der Waals surface area (Å²) in [5.74, 6) is 0.693. The van der Waals surface area contributed by atoms with Gasteiger partial charge in [0.1, 0.15) is 5.76 Å². The summed E-state index contributed by atoms with van der Waals surface area (Å²) in [5.41, 5.74) is 2.26. The number of hydrogen-bond donors (Lipinski definition) is 2. The van der Waals surface area contributed by atoms with Gasteiger partial charge in [0.05, 0.1) is 49.0 Å². The van der Waals surface area contributed by atoms with Gasteiger partial charge in [0.2, 0.25) is 5.91 Å². The number of amides is 2. The van der Waals surface area contributed by atoms with Gasteiger partial charge in [-0.25, -0.2) is 0 Å². The zero-order valence-electron chi connectivity index (χ0n) is 15.5. The smallest absolute Gasteiger partial charge is 0.279 e. The van der Waals surface area contributed by atoms with E-state index in [-0.39, 0.29) is 11.8 Å². The molecule has 8 heteroatoms. The summed E-state index contributed by atoms with van der Waals surface area (Å²) < 4.78 is 5.12. The molecule has 144 valence electrons. The van der Waals surface area contributed by atoms with E-state index in [1.165, 1.54) is 0 Å². The maximum absolute atomic E-state index is 12.5. The zero-order chi connectivity index (χ0) is 19.4. The lowest BCUT2D eigenvalue weighted by Gasteiger charge is -2.32. The van der Waals surface area contributed by atoms with Gasteiger partial charge in [-0.2, -0.15) is 0 Å². The number of carbonyl (C=O) groups excluding carboxylic acids is 2. The normalized spacial score (nSPS) is 15.0. The van der Waals surface area contributed by atoms with Gasteiger partial charge in [-0.1, -0.05) is 28.9 Å². The van der Waals surface area contributed by atoms with Crippen molar-refractivity contribution in [3.63, 3.8) is 0 Å². The van der Waals surface area contributed by atoms with E-state index in [4.69, 9.17) is 16.1 Å². The predicted octanol–water partition coefficient (Wildman–Crippen LogP) is 0.853. The first-order chi connectivity index (χ1) is 12.9. The highest BCUT2D eigenvalue weighted by Gasteiger charge is 2.26. The standard InChI is InChI=1S/C19H23ClN4O3/c1-13-15(14(2)27-22-13)11-19(26)24-9-7-23(8-10-24)12-18(25)21-17-6-4-3-5-16(17)20/h3-6H,7-12H2,1-2H3,(H,21,25)/p+1. The minimum Gasteiger partial charge on any atom is -0.361 e. The van der Waals surface area contributed by atoms with Gasteiger partial charge in [-0.3, -0.25) is 9.59 Å². The third-order valence-electron chi connectivity index (χ3n) is 4.89. The molecule has 2 N–H and O–H groups in total. The lowest BCUT2D eigenvalue weighted by molar-refractivity contribution is -0.895. The predicted molar refractivity (Wildman–Crippen MR) is 102 cm³/mol. The van der Waals surface area contributed by atoms with Crippen molar-refractivity contribution in [2.24, 2.45) is 0 Å². The molecule has 3 rings (SSSR count). The van der Waals surface area contributed by atoms with Crippen molar-refractivity contribution in [1.29, 1.82) is 0 Å². The third kappa shape index (κ3) is 4.87. The fraction of sp³-hybridized carbons (Fsp3) is 0.421. The number of piperazine rings is 1. The Hall–Kier alpha value is -2.38. The highest BCUT2D eigenvalue weighted by Crippen LogP contribution is 2.20. The third-order valence-corrected chi connectivity index (χ3v) is 5.22. The zero-order valence-corrected chi connectivity index (χ0v) is 16.3. The van der Waals surface area contributed by atoms with Crippen molar-refractivity contribution in [2.45, 2.75) is 20.3 Å². The molecule has 2 aromatic rings. The van der Waals surface area contributed by atoms with Crippen LogP contribution in [-0.2, 0) is 16.0 Å². The van der Waals surface area contributed by atoms with Crippen LogP contribution in [0.15, 0.2) is 28.8 Å². The van der Waals surface area contributed by atoms with Crippen molar-refractivity contribution < 1.29 is 19.0 Å². The molecule has 0 saturated carbocycles. The van der Waals surface area contributed by atoms with E-state index >= 15 is 0 Å². The molecule has 1 aromatic carbocycles. The van der Waals surface area contributed by atoms with Crippen molar-refractivity contribution >= 4 is 29.1 Å². The molecular formula is C19H24ClN4O3+. The summed E-state index contributed by atoms with van der Waals surface area (Å²) >= 11 is 6.07. The number of aromatic nitrogens is 1. The molecule has 2 heterocycles. The number of aryl methyl sites for hydroxylation is 2. The van der Waals surface area contributed by atoms with Crippen LogP contribution in [0.2, 0.25) is 5.02 Å². The van der Waals surface area contributed by atoms with E-state index in [1.54, 1.807) is 12.1 Å². The van der Waals surface area contributed by atoms with Crippen molar-refractivity contribution in [2.75, 3.05) is 38.0 Å². The number of benzene rings is 1. The van der Waals surface area contributed by atoms with E-state index in [1.807, 2.05) is 30.9 Å². The molecule has 1 saturated heterocycles. The van der Waals surface area contributed by atoms with Crippen LogP contribution in [0.5, 0.6) is 0 Å². The topological polar surface area (TPSA) is 79.9 Å². The van der Waals surface area contributed by atoms with E-state index < -0.39 is 0 Å². The summed E-state index contributed by atoms with van der Waals surface area (Å²) in [5, 5.41) is 7.26. The molecular weight excluding hydrogens is 368 g/mol. The Kier molecular flexibility index (Phi) is 6.13. The number of carbonyl (C=O) groups is 2. The van der Waals surface area contributed by atoms with Crippen LogP contribution >= 0.6 is 11.6 Å². The minimum atomic E-state index is -0.0754. The lowest BCUT2D eigenvalue weighted by atomic mass is 10.1. The number of para-hydroxylation sites is 1. The van der Waals surface area contributed by atoms with Crippen molar-refractivity contribution in [3.05, 3.63) is 46.3 Å². The van der Waals surface area contributed by atoms with Gasteiger partial charge >= 0.3 is 0 Å². The van der Waals surface area contributed by atoms with Crippen LogP contribution < -0.4 is 10.2 Å². The second-order valence-electron chi connectivity index (χ2n) is 6.82. The Morgan fingerprint density at radius 1 is 1.26 bits per heavy atom. The Bertz CT molecular complexity index is 809. The highest BCUT2D eigenvalue weighted by atomic mass is 35.5. The number of nitrogens with zero attached hydrogens (tertiary/aromatic N) is 2.